The minimum Gasteiger partial charge on any atom is -0.413 e. The van der Waals surface area contributed by atoms with Gasteiger partial charge in [-0.15, -0.1) is 6.42 Å². The van der Waals surface area contributed by atoms with Crippen LogP contribution in [0.3, 0.4) is 0 Å². The summed E-state index contributed by atoms with van der Waals surface area (Å²) in [5.74, 6) is 0.955. The van der Waals surface area contributed by atoms with Gasteiger partial charge in [0.05, 0.1) is 6.10 Å². The van der Waals surface area contributed by atoms with Gasteiger partial charge in [-0.3, -0.25) is 9.59 Å². The van der Waals surface area contributed by atoms with Crippen LogP contribution in [0, 0.1) is 12.3 Å². The van der Waals surface area contributed by atoms with Gasteiger partial charge in [0.1, 0.15) is 6.04 Å². The van der Waals surface area contributed by atoms with Crippen LogP contribution in [-0.4, -0.2) is 32.3 Å². The van der Waals surface area contributed by atoms with E-state index >= 15 is 0 Å². The van der Waals surface area contributed by atoms with Gasteiger partial charge < -0.3 is 15.1 Å². The van der Waals surface area contributed by atoms with E-state index in [1.54, 1.807) is 13.1 Å². The lowest BCUT2D eigenvalue weighted by atomic mass is 10.2. The zero-order valence-electron chi connectivity index (χ0n) is 17.5. The number of carbonyl (C=O) groups excluding carboxylic acids is 2. The summed E-state index contributed by atoms with van der Waals surface area (Å²) in [4.78, 5) is 23.0. The second-order valence-electron chi connectivity index (χ2n) is 8.01. The Kier molecular flexibility index (Phi) is 10.7. The van der Waals surface area contributed by atoms with Crippen molar-refractivity contribution in [3.63, 3.8) is 0 Å². The maximum absolute atomic E-state index is 11.9. The molecule has 27 heavy (non-hydrogen) atoms. The fourth-order valence-corrected chi connectivity index (χ4v) is 3.34. The van der Waals surface area contributed by atoms with Crippen LogP contribution >= 0.6 is 11.6 Å². The van der Waals surface area contributed by atoms with Crippen molar-refractivity contribution in [3.05, 3.63) is 23.4 Å². The molecule has 0 heterocycles. The van der Waals surface area contributed by atoms with E-state index in [2.05, 4.69) is 44.5 Å². The number of hydrogen-bond acceptors (Lipinski definition) is 3. The summed E-state index contributed by atoms with van der Waals surface area (Å²) in [6, 6.07) is -0.709. The number of rotatable bonds is 9. The molecule has 2 N–H and O–H groups in total. The molecule has 152 valence electrons. The largest absolute Gasteiger partial charge is 0.413 e. The first-order valence-electron chi connectivity index (χ1n) is 9.02. The quantitative estimate of drug-likeness (QED) is 0.443. The van der Waals surface area contributed by atoms with Crippen molar-refractivity contribution >= 4 is 31.7 Å². The molecule has 0 saturated heterocycles. The molecule has 0 fully saturated rings. The summed E-state index contributed by atoms with van der Waals surface area (Å²) in [6.45, 7) is 14.4. The molecule has 0 rings (SSSR count). The Labute approximate surface area is 170 Å². The average Bonchev–Trinajstić information content (AvgIpc) is 2.54. The summed E-state index contributed by atoms with van der Waals surface area (Å²) in [6.07, 6.45) is 11.7. The minimum atomic E-state index is -1.92. The van der Waals surface area contributed by atoms with Crippen molar-refractivity contribution in [1.29, 1.82) is 0 Å². The number of allylic oxidation sites excluding steroid dienone is 1. The molecule has 0 aliphatic carbocycles. The SMILES string of the molecule is C#CC(=O)N[C@@H](C)C(=O)N/C=C\C[C@H](C/C=C(\C)Cl)O[Si](C)(C)C(C)(C)C. The van der Waals surface area contributed by atoms with Gasteiger partial charge in [0, 0.05) is 5.03 Å². The molecule has 5 nitrogen and oxygen atoms in total. The van der Waals surface area contributed by atoms with Gasteiger partial charge in [-0.05, 0) is 56.9 Å². The van der Waals surface area contributed by atoms with Crippen LogP contribution in [0.5, 0.6) is 0 Å². The molecular formula is C20H33ClN2O3Si. The third-order valence-electron chi connectivity index (χ3n) is 4.54. The van der Waals surface area contributed by atoms with Gasteiger partial charge in [-0.25, -0.2) is 0 Å². The maximum atomic E-state index is 11.9. The van der Waals surface area contributed by atoms with Crippen LogP contribution in [0.15, 0.2) is 23.4 Å². The number of terminal acetylenes is 1. The summed E-state index contributed by atoms with van der Waals surface area (Å²) in [5.41, 5.74) is 0. The summed E-state index contributed by atoms with van der Waals surface area (Å²) >= 11 is 5.97. The highest BCUT2D eigenvalue weighted by Crippen LogP contribution is 2.38. The van der Waals surface area contributed by atoms with E-state index in [4.69, 9.17) is 22.5 Å². The van der Waals surface area contributed by atoms with Crippen molar-refractivity contribution < 1.29 is 14.0 Å². The van der Waals surface area contributed by atoms with Gasteiger partial charge in [0.2, 0.25) is 5.91 Å². The number of halogens is 1. The lowest BCUT2D eigenvalue weighted by molar-refractivity contribution is -0.125. The van der Waals surface area contributed by atoms with Gasteiger partial charge in [-0.2, -0.15) is 0 Å². The fourth-order valence-electron chi connectivity index (χ4n) is 1.87. The lowest BCUT2D eigenvalue weighted by Gasteiger charge is -2.39. The molecule has 0 aromatic heterocycles. The lowest BCUT2D eigenvalue weighted by Crippen LogP contribution is -2.44. The Morgan fingerprint density at radius 1 is 1.30 bits per heavy atom. The van der Waals surface area contributed by atoms with Crippen LogP contribution in [-0.2, 0) is 14.0 Å². The topological polar surface area (TPSA) is 67.4 Å². The third-order valence-corrected chi connectivity index (χ3v) is 9.23. The van der Waals surface area contributed by atoms with Crippen molar-refractivity contribution in [2.45, 2.75) is 77.7 Å². The standard InChI is InChI=1S/C20H33ClN2O3Si/c1-9-18(24)23-16(3)19(25)22-14-10-11-17(13-12-15(2)21)26-27(7,8)20(4,5)6/h1,10,12,14,16-17H,11,13H2,2-8H3,(H,22,25)(H,23,24)/b14-10-,15-12+/t16-,17+/m0/s1. The monoisotopic (exact) mass is 412 g/mol. The second kappa shape index (κ2) is 11.3. The zero-order chi connectivity index (χ0) is 21.3. The molecular weight excluding hydrogens is 380 g/mol. The van der Waals surface area contributed by atoms with Crippen LogP contribution < -0.4 is 10.6 Å². The first-order chi connectivity index (χ1) is 12.3. The highest BCUT2D eigenvalue weighted by Gasteiger charge is 2.38. The predicted molar refractivity (Wildman–Crippen MR) is 115 cm³/mol. The summed E-state index contributed by atoms with van der Waals surface area (Å²) in [7, 11) is -1.92. The smallest absolute Gasteiger partial charge is 0.296 e. The molecule has 7 heteroatoms. The van der Waals surface area contributed by atoms with Crippen molar-refractivity contribution in [1.82, 2.24) is 10.6 Å². The molecule has 0 aliphatic heterocycles. The third kappa shape index (κ3) is 10.4. The zero-order valence-corrected chi connectivity index (χ0v) is 19.2. The molecule has 0 aromatic carbocycles. The van der Waals surface area contributed by atoms with Crippen LogP contribution in [0.2, 0.25) is 18.1 Å². The molecule has 0 aromatic rings. The van der Waals surface area contributed by atoms with Gasteiger partial charge in [0.25, 0.3) is 5.91 Å². The number of hydrogen-bond donors (Lipinski definition) is 2. The van der Waals surface area contributed by atoms with E-state index in [1.807, 2.05) is 25.0 Å². The number of nitrogens with one attached hydrogen (secondary N) is 2. The molecule has 0 saturated carbocycles. The normalized spacial score (nSPS) is 15.1. The fraction of sp³-hybridized carbons (Fsp3) is 0.600. The van der Waals surface area contributed by atoms with Gasteiger partial charge >= 0.3 is 0 Å². The molecule has 2 amide bonds. The first kappa shape index (κ1) is 25.4. The van der Waals surface area contributed by atoms with Crippen molar-refractivity contribution in [2.24, 2.45) is 0 Å². The Hall–Kier alpha value is -1.55. The van der Waals surface area contributed by atoms with Crippen LogP contribution in [0.25, 0.3) is 0 Å². The van der Waals surface area contributed by atoms with E-state index in [9.17, 15) is 9.59 Å². The number of carbonyl (C=O) groups is 2. The predicted octanol–water partition coefficient (Wildman–Crippen LogP) is 4.07. The average molecular weight is 413 g/mol. The summed E-state index contributed by atoms with van der Waals surface area (Å²) < 4.78 is 6.47. The Morgan fingerprint density at radius 3 is 2.37 bits per heavy atom. The molecule has 0 bridgehead atoms. The Bertz CT molecular complexity index is 612. The Balaban J connectivity index is 4.83. The molecule has 0 aliphatic rings. The molecule has 0 unspecified atom stereocenters. The van der Waals surface area contributed by atoms with E-state index in [0.717, 1.165) is 5.03 Å². The highest BCUT2D eigenvalue weighted by atomic mass is 35.5. The highest BCUT2D eigenvalue weighted by molar-refractivity contribution is 6.74. The van der Waals surface area contributed by atoms with Gasteiger partial charge in [0.15, 0.2) is 8.32 Å². The van der Waals surface area contributed by atoms with Crippen molar-refractivity contribution in [3.8, 4) is 12.3 Å². The molecule has 0 radical (unpaired) electrons. The van der Waals surface area contributed by atoms with E-state index in [-0.39, 0.29) is 17.0 Å². The van der Waals surface area contributed by atoms with Crippen molar-refractivity contribution in [2.75, 3.05) is 0 Å². The molecule has 2 atom stereocenters. The first-order valence-corrected chi connectivity index (χ1v) is 12.3. The second-order valence-corrected chi connectivity index (χ2v) is 13.4. The van der Waals surface area contributed by atoms with E-state index in [1.165, 1.54) is 0 Å². The summed E-state index contributed by atoms with van der Waals surface area (Å²) in [5, 5.41) is 5.87. The number of amides is 2. The minimum absolute atomic E-state index is 0.0219. The van der Waals surface area contributed by atoms with E-state index < -0.39 is 20.3 Å². The van der Waals surface area contributed by atoms with Crippen LogP contribution in [0.1, 0.15) is 47.5 Å². The molecule has 0 spiro atoms. The Morgan fingerprint density at radius 2 is 1.89 bits per heavy atom. The van der Waals surface area contributed by atoms with Crippen LogP contribution in [0.4, 0.5) is 0 Å². The van der Waals surface area contributed by atoms with Gasteiger partial charge in [-0.1, -0.05) is 44.5 Å². The maximum Gasteiger partial charge on any atom is 0.296 e. The van der Waals surface area contributed by atoms with E-state index in [0.29, 0.717) is 12.8 Å².